The smallest absolute Gasteiger partial charge is 0.409 e. The van der Waals surface area contributed by atoms with Gasteiger partial charge in [0.05, 0.1) is 15.9 Å². The first kappa shape index (κ1) is 29.7. The monoisotopic (exact) mass is 635 g/mol. The van der Waals surface area contributed by atoms with Gasteiger partial charge in [0.2, 0.25) is 0 Å². The molecule has 1 aromatic heterocycles. The third-order valence-corrected chi connectivity index (χ3v) is 9.24. The minimum absolute atomic E-state index is 0.104. The fourth-order valence-corrected chi connectivity index (χ4v) is 6.76. The second kappa shape index (κ2) is 11.6. The fraction of sp³-hybridized carbons (Fsp3) is 0.250. The van der Waals surface area contributed by atoms with Crippen LogP contribution in [0.5, 0.6) is 0 Å². The summed E-state index contributed by atoms with van der Waals surface area (Å²) in [5.41, 5.74) is 0.700. The molecular weight excluding hydrogens is 608 g/mol. The van der Waals surface area contributed by atoms with Gasteiger partial charge in [-0.05, 0) is 59.7 Å². The van der Waals surface area contributed by atoms with Gasteiger partial charge in [-0.15, -0.1) is 11.3 Å². The highest BCUT2D eigenvalue weighted by molar-refractivity contribution is 7.18. The number of carbonyl (C=O) groups excluding carboxylic acids is 2. The van der Waals surface area contributed by atoms with Gasteiger partial charge in [-0.2, -0.15) is 0 Å². The average molecular weight is 636 g/mol. The van der Waals surface area contributed by atoms with Gasteiger partial charge in [-0.1, -0.05) is 48.0 Å². The van der Waals surface area contributed by atoms with E-state index in [4.69, 9.17) is 21.7 Å². The molecule has 8 nitrogen and oxygen atoms in total. The maximum absolute atomic E-state index is 14.4. The number of ether oxygens (including phenoxy) is 1. The molecule has 0 bridgehead atoms. The van der Waals surface area contributed by atoms with Crippen molar-refractivity contribution < 1.29 is 23.1 Å². The van der Waals surface area contributed by atoms with Crippen LogP contribution in [0.1, 0.15) is 30.0 Å². The summed E-state index contributed by atoms with van der Waals surface area (Å²) in [7, 11) is 3.07. The zero-order chi connectivity index (χ0) is 31.2. The maximum Gasteiger partial charge on any atom is 0.409 e. The molecule has 2 atom stereocenters. The summed E-state index contributed by atoms with van der Waals surface area (Å²) >= 11 is 8.10. The lowest BCUT2D eigenvalue weighted by atomic mass is 9.84. The highest BCUT2D eigenvalue weighted by atomic mass is 35.5. The van der Waals surface area contributed by atoms with Gasteiger partial charge in [0.1, 0.15) is 28.8 Å². The number of nitrogens with one attached hydrogen (secondary N) is 2. The number of rotatable bonds is 8. The largest absolute Gasteiger partial charge is 0.447 e. The molecule has 2 N–H and O–H groups in total. The van der Waals surface area contributed by atoms with Crippen LogP contribution in [0, 0.1) is 23.0 Å². The highest BCUT2D eigenvalue weighted by Crippen LogP contribution is 2.50. The van der Waals surface area contributed by atoms with Crippen LogP contribution in [0.25, 0.3) is 21.0 Å². The maximum atomic E-state index is 14.4. The molecule has 0 unspecified atom stereocenters. The standard InChI is InChI=1S/C32H28ClF2N5O3S/c1-39(2)31(42)43-17-26(19-8-11-25(33)24(12-19)28-37-16-27(44-28)18-6-4-3-5-7-18)40-29(41)32(20-9-10-20,38-30(40)36)21-13-22(34)15-23(35)14-21/h3-8,11-16,20,26H,9-10,17H2,1-2H3,(H2,36,38)/t26-,32-/m1/s1. The van der Waals surface area contributed by atoms with E-state index in [0.29, 0.717) is 34.0 Å². The van der Waals surface area contributed by atoms with Gasteiger partial charge in [0, 0.05) is 31.9 Å². The molecule has 44 heavy (non-hydrogen) atoms. The Labute approximate surface area is 261 Å². The van der Waals surface area contributed by atoms with Gasteiger partial charge >= 0.3 is 6.09 Å². The van der Waals surface area contributed by atoms with E-state index in [-0.39, 0.29) is 24.0 Å². The Hall–Kier alpha value is -4.35. The molecule has 1 saturated heterocycles. The Bertz CT molecular complexity index is 1740. The lowest BCUT2D eigenvalue weighted by Gasteiger charge is -2.31. The quantitative estimate of drug-likeness (QED) is 0.221. The zero-order valence-electron chi connectivity index (χ0n) is 23.8. The van der Waals surface area contributed by atoms with Crippen molar-refractivity contribution in [2.24, 2.45) is 5.92 Å². The van der Waals surface area contributed by atoms with Crippen LogP contribution in [0.4, 0.5) is 13.6 Å². The third kappa shape index (κ3) is 5.41. The molecule has 2 aliphatic rings. The van der Waals surface area contributed by atoms with E-state index in [2.05, 4.69) is 10.3 Å². The summed E-state index contributed by atoms with van der Waals surface area (Å²) in [6.45, 7) is -0.292. The van der Waals surface area contributed by atoms with Gasteiger partial charge in [0.25, 0.3) is 5.91 Å². The highest BCUT2D eigenvalue weighted by Gasteiger charge is 2.60. The number of carbonyl (C=O) groups is 2. The molecule has 1 aliphatic carbocycles. The number of hydrogen-bond donors (Lipinski definition) is 2. The topological polar surface area (TPSA) is 98.6 Å². The van der Waals surface area contributed by atoms with Crippen LogP contribution < -0.4 is 5.32 Å². The molecule has 0 radical (unpaired) electrons. The SMILES string of the molecule is CN(C)C(=O)OC[C@H](c1ccc(Cl)c(-c2ncc(-c3ccccc3)s2)c1)N1C(=N)N[C@@](c2cc(F)cc(F)c2)(C2CC2)C1=O. The minimum Gasteiger partial charge on any atom is -0.447 e. The normalized spacial score (nSPS) is 18.7. The van der Waals surface area contributed by atoms with E-state index in [9.17, 15) is 18.4 Å². The summed E-state index contributed by atoms with van der Waals surface area (Å²) in [4.78, 5) is 34.9. The molecule has 12 heteroatoms. The molecule has 6 rings (SSSR count). The van der Waals surface area contributed by atoms with Crippen molar-refractivity contribution in [1.29, 1.82) is 5.41 Å². The molecule has 226 valence electrons. The van der Waals surface area contributed by atoms with E-state index >= 15 is 0 Å². The zero-order valence-corrected chi connectivity index (χ0v) is 25.4. The van der Waals surface area contributed by atoms with E-state index in [1.54, 1.807) is 24.4 Å². The molecule has 2 amide bonds. The molecule has 1 aliphatic heterocycles. The van der Waals surface area contributed by atoms with Crippen molar-refractivity contribution in [2.75, 3.05) is 20.7 Å². The third-order valence-electron chi connectivity index (χ3n) is 7.83. The molecular formula is C32H28ClF2N5O3S. The average Bonchev–Trinajstić information content (AvgIpc) is 3.67. The summed E-state index contributed by atoms with van der Waals surface area (Å²) in [5.74, 6) is -2.75. The predicted octanol–water partition coefficient (Wildman–Crippen LogP) is 6.82. The molecule has 3 aromatic carbocycles. The van der Waals surface area contributed by atoms with Crippen LogP contribution >= 0.6 is 22.9 Å². The molecule has 1 saturated carbocycles. The predicted molar refractivity (Wildman–Crippen MR) is 164 cm³/mol. The Morgan fingerprint density at radius 3 is 2.52 bits per heavy atom. The van der Waals surface area contributed by atoms with Gasteiger partial charge in [0.15, 0.2) is 5.96 Å². The fourth-order valence-electron chi connectivity index (χ4n) is 5.54. The van der Waals surface area contributed by atoms with Crippen molar-refractivity contribution in [2.45, 2.75) is 24.4 Å². The second-order valence-corrected chi connectivity index (χ2v) is 12.4. The van der Waals surface area contributed by atoms with Crippen molar-refractivity contribution in [3.8, 4) is 21.0 Å². The first-order chi connectivity index (χ1) is 21.1. The van der Waals surface area contributed by atoms with Gasteiger partial charge < -0.3 is 15.0 Å². The Morgan fingerprint density at radius 2 is 1.86 bits per heavy atom. The second-order valence-electron chi connectivity index (χ2n) is 11.0. The minimum atomic E-state index is -1.54. The molecule has 0 spiro atoms. The van der Waals surface area contributed by atoms with Crippen LogP contribution in [-0.2, 0) is 15.1 Å². The van der Waals surface area contributed by atoms with E-state index in [1.807, 2.05) is 30.3 Å². The van der Waals surface area contributed by atoms with Gasteiger partial charge in [-0.3, -0.25) is 15.1 Å². The number of hydrogen-bond acceptors (Lipinski definition) is 6. The van der Waals surface area contributed by atoms with Crippen molar-refractivity contribution in [1.82, 2.24) is 20.1 Å². The molecule has 4 aromatic rings. The number of aromatic nitrogens is 1. The van der Waals surface area contributed by atoms with Gasteiger partial charge in [-0.25, -0.2) is 18.6 Å². The van der Waals surface area contributed by atoms with Crippen molar-refractivity contribution in [3.05, 3.63) is 101 Å². The first-order valence-corrected chi connectivity index (χ1v) is 15.1. The van der Waals surface area contributed by atoms with Crippen molar-refractivity contribution >= 4 is 40.9 Å². The van der Waals surface area contributed by atoms with E-state index in [0.717, 1.165) is 28.6 Å². The van der Waals surface area contributed by atoms with E-state index in [1.165, 1.54) is 35.2 Å². The number of nitrogens with zero attached hydrogens (tertiary/aromatic N) is 3. The Kier molecular flexibility index (Phi) is 7.85. The number of amides is 2. The Morgan fingerprint density at radius 1 is 1.16 bits per heavy atom. The summed E-state index contributed by atoms with van der Waals surface area (Å²) in [5, 5.41) is 12.9. The number of thiazole rings is 1. The van der Waals surface area contributed by atoms with Crippen LogP contribution in [0.15, 0.2) is 72.9 Å². The summed E-state index contributed by atoms with van der Waals surface area (Å²) in [6.07, 6.45) is 2.40. The number of benzene rings is 3. The van der Waals surface area contributed by atoms with E-state index < -0.39 is 35.2 Å². The first-order valence-electron chi connectivity index (χ1n) is 13.9. The molecule has 2 heterocycles. The lowest BCUT2D eigenvalue weighted by molar-refractivity contribution is -0.134. The van der Waals surface area contributed by atoms with Crippen LogP contribution in [-0.4, -0.2) is 53.4 Å². The van der Waals surface area contributed by atoms with Crippen LogP contribution in [0.2, 0.25) is 5.02 Å². The number of guanidine groups is 1. The lowest BCUT2D eigenvalue weighted by Crippen LogP contribution is -2.47. The molecule has 2 fully saturated rings. The van der Waals surface area contributed by atoms with Crippen LogP contribution in [0.3, 0.4) is 0 Å². The number of halogens is 3. The summed E-state index contributed by atoms with van der Waals surface area (Å²) < 4.78 is 34.3. The van der Waals surface area contributed by atoms with Crippen molar-refractivity contribution in [3.63, 3.8) is 0 Å². The Balaban J connectivity index is 1.41. The summed E-state index contributed by atoms with van der Waals surface area (Å²) in [6, 6.07) is 17.0.